The van der Waals surface area contributed by atoms with Crippen LogP contribution in [0.3, 0.4) is 0 Å². The minimum atomic E-state index is -0.957. The summed E-state index contributed by atoms with van der Waals surface area (Å²) in [6, 6.07) is 6.38. The van der Waals surface area contributed by atoms with Crippen molar-refractivity contribution in [1.29, 1.82) is 0 Å². The van der Waals surface area contributed by atoms with Gasteiger partial charge in [-0.1, -0.05) is 12.1 Å². The van der Waals surface area contributed by atoms with Gasteiger partial charge in [0.25, 0.3) is 5.78 Å². The van der Waals surface area contributed by atoms with Crippen LogP contribution in [0.5, 0.6) is 0 Å². The minimum Gasteiger partial charge on any atom is -0.283 e. The monoisotopic (exact) mass is 179 g/mol. The van der Waals surface area contributed by atoms with E-state index in [2.05, 4.69) is 0 Å². The summed E-state index contributed by atoms with van der Waals surface area (Å²) in [5, 5.41) is 0. The van der Waals surface area contributed by atoms with E-state index >= 15 is 0 Å². The second kappa shape index (κ2) is 2.65. The zero-order valence-electron chi connectivity index (χ0n) is 6.66. The highest BCUT2D eigenvalue weighted by Crippen LogP contribution is 2.27. The number of benzene rings is 1. The zero-order chi connectivity index (χ0) is 9.42. The Morgan fingerprint density at radius 2 is 1.92 bits per heavy atom. The first-order chi connectivity index (χ1) is 6.25. The summed E-state index contributed by atoms with van der Waals surface area (Å²) >= 11 is 0. The Balaban J connectivity index is 2.60. The van der Waals surface area contributed by atoms with Crippen LogP contribution in [-0.4, -0.2) is 18.5 Å². The molecular weight excluding hydrogens is 173 g/mol. The quantitative estimate of drug-likeness (QED) is 0.479. The van der Waals surface area contributed by atoms with Gasteiger partial charge in [0.1, 0.15) is 0 Å². The number of hydrogen-bond donors (Lipinski definition) is 0. The van der Waals surface area contributed by atoms with Crippen molar-refractivity contribution in [3.05, 3.63) is 29.8 Å². The maximum absolute atomic E-state index is 12.4. The summed E-state index contributed by atoms with van der Waals surface area (Å²) in [5.74, 6) is -1.42. The molecule has 0 atom stereocenters. The Hall–Kier alpha value is -1.71. The number of halogens is 1. The molecule has 1 aliphatic heterocycles. The summed E-state index contributed by atoms with van der Waals surface area (Å²) in [6.07, 6.45) is 0. The molecule has 0 aliphatic carbocycles. The Morgan fingerprint density at radius 3 is 2.62 bits per heavy atom. The minimum absolute atomic E-state index is 0.283. The molecule has 1 aromatic rings. The molecular formula is C9H6FNO2. The maximum atomic E-state index is 12.4. The van der Waals surface area contributed by atoms with Crippen molar-refractivity contribution in [2.24, 2.45) is 0 Å². The van der Waals surface area contributed by atoms with Crippen LogP contribution in [0.25, 0.3) is 0 Å². The van der Waals surface area contributed by atoms with E-state index < -0.39 is 18.5 Å². The number of anilines is 1. The smallest absolute Gasteiger partial charge is 0.283 e. The van der Waals surface area contributed by atoms with Crippen molar-refractivity contribution in [2.45, 2.75) is 0 Å². The van der Waals surface area contributed by atoms with Gasteiger partial charge in [0, 0.05) is 0 Å². The number of ketones is 1. The second-order valence-corrected chi connectivity index (χ2v) is 2.70. The molecule has 0 N–H and O–H groups in total. The number of alkyl halides is 1. The number of carbonyl (C=O) groups is 2. The fourth-order valence-corrected chi connectivity index (χ4v) is 1.37. The fourth-order valence-electron chi connectivity index (χ4n) is 1.37. The van der Waals surface area contributed by atoms with Gasteiger partial charge >= 0.3 is 5.91 Å². The van der Waals surface area contributed by atoms with Crippen LogP contribution in [-0.2, 0) is 4.79 Å². The average Bonchev–Trinajstić information content (AvgIpc) is 2.41. The maximum Gasteiger partial charge on any atom is 0.301 e. The molecule has 0 spiro atoms. The van der Waals surface area contributed by atoms with E-state index in [1.54, 1.807) is 18.2 Å². The third-order valence-corrected chi connectivity index (χ3v) is 2.00. The van der Waals surface area contributed by atoms with Crippen LogP contribution in [0, 0.1) is 0 Å². The van der Waals surface area contributed by atoms with Crippen LogP contribution in [0.2, 0.25) is 0 Å². The van der Waals surface area contributed by atoms with Crippen LogP contribution < -0.4 is 4.90 Å². The molecule has 1 aromatic carbocycles. The number of hydrogen-bond acceptors (Lipinski definition) is 2. The second-order valence-electron chi connectivity index (χ2n) is 2.70. The lowest BCUT2D eigenvalue weighted by Gasteiger charge is -2.09. The summed E-state index contributed by atoms with van der Waals surface area (Å²) in [5.41, 5.74) is 0.644. The number of Topliss-reactive ketones (excluding diaryl/α,β-unsaturated/α-hetero) is 1. The average molecular weight is 179 g/mol. The van der Waals surface area contributed by atoms with Gasteiger partial charge in [0.2, 0.25) is 0 Å². The summed E-state index contributed by atoms with van der Waals surface area (Å²) < 4.78 is 12.4. The van der Waals surface area contributed by atoms with Gasteiger partial charge in [-0.2, -0.15) is 0 Å². The van der Waals surface area contributed by atoms with Crippen LogP contribution in [0.4, 0.5) is 10.1 Å². The molecule has 0 saturated carbocycles. The Bertz CT molecular complexity index is 389. The summed E-state index contributed by atoms with van der Waals surface area (Å²) in [6.45, 7) is -0.957. The molecule has 4 heteroatoms. The van der Waals surface area contributed by atoms with Crippen molar-refractivity contribution in [3.63, 3.8) is 0 Å². The van der Waals surface area contributed by atoms with Crippen LogP contribution >= 0.6 is 0 Å². The highest BCUT2D eigenvalue weighted by Gasteiger charge is 2.34. The Labute approximate surface area is 73.8 Å². The molecule has 0 aromatic heterocycles. The molecule has 0 fully saturated rings. The van der Waals surface area contributed by atoms with Crippen molar-refractivity contribution in [2.75, 3.05) is 11.7 Å². The predicted molar refractivity (Wildman–Crippen MR) is 44.2 cm³/mol. The molecule has 3 nitrogen and oxygen atoms in total. The molecule has 0 unspecified atom stereocenters. The predicted octanol–water partition coefficient (Wildman–Crippen LogP) is 1.14. The molecule has 0 radical (unpaired) electrons. The van der Waals surface area contributed by atoms with Crippen molar-refractivity contribution in [3.8, 4) is 0 Å². The number of nitrogens with zero attached hydrogens (tertiary/aromatic N) is 1. The van der Waals surface area contributed by atoms with Gasteiger partial charge in [-0.25, -0.2) is 4.39 Å². The van der Waals surface area contributed by atoms with E-state index in [1.165, 1.54) is 6.07 Å². The first kappa shape index (κ1) is 7.91. The van der Waals surface area contributed by atoms with Gasteiger partial charge in [-0.05, 0) is 12.1 Å². The third-order valence-electron chi connectivity index (χ3n) is 2.00. The molecule has 2 rings (SSSR count). The largest absolute Gasteiger partial charge is 0.301 e. The fraction of sp³-hybridized carbons (Fsp3) is 0.111. The lowest BCUT2D eigenvalue weighted by Crippen LogP contribution is -2.28. The Morgan fingerprint density at radius 1 is 1.23 bits per heavy atom. The molecule has 66 valence electrons. The van der Waals surface area contributed by atoms with E-state index in [-0.39, 0.29) is 5.56 Å². The third kappa shape index (κ3) is 0.950. The molecule has 1 heterocycles. The number of carbonyl (C=O) groups excluding carboxylic acids is 2. The highest BCUT2D eigenvalue weighted by atomic mass is 19.1. The van der Waals surface area contributed by atoms with Crippen LogP contribution in [0.1, 0.15) is 10.4 Å². The first-order valence-electron chi connectivity index (χ1n) is 3.77. The van der Waals surface area contributed by atoms with Gasteiger partial charge in [0.15, 0.2) is 6.80 Å². The summed E-state index contributed by atoms with van der Waals surface area (Å²) in [7, 11) is 0. The topological polar surface area (TPSA) is 37.4 Å². The van der Waals surface area contributed by atoms with Crippen molar-refractivity contribution in [1.82, 2.24) is 0 Å². The van der Waals surface area contributed by atoms with Crippen LogP contribution in [0.15, 0.2) is 24.3 Å². The zero-order valence-corrected chi connectivity index (χ0v) is 6.66. The van der Waals surface area contributed by atoms with Crippen molar-refractivity contribution < 1.29 is 14.0 Å². The van der Waals surface area contributed by atoms with Gasteiger partial charge < -0.3 is 0 Å². The summed E-state index contributed by atoms with van der Waals surface area (Å²) in [4.78, 5) is 23.2. The van der Waals surface area contributed by atoms with Crippen molar-refractivity contribution >= 4 is 17.4 Å². The van der Waals surface area contributed by atoms with E-state index in [4.69, 9.17) is 0 Å². The standard InChI is InChI=1S/C9H6FNO2/c10-5-11-7-4-2-1-3-6(7)8(12)9(11)13/h1-4H,5H2. The normalized spacial score (nSPS) is 15.0. The van der Waals surface area contributed by atoms with Gasteiger partial charge in [-0.15, -0.1) is 0 Å². The molecule has 1 amide bonds. The van der Waals surface area contributed by atoms with E-state index in [9.17, 15) is 14.0 Å². The lowest BCUT2D eigenvalue weighted by molar-refractivity contribution is -0.114. The molecule has 0 bridgehead atoms. The number of rotatable bonds is 1. The number of amides is 1. The number of fused-ring (bicyclic) bond motifs is 1. The SMILES string of the molecule is O=C1C(=O)N(CF)c2ccccc21. The highest BCUT2D eigenvalue weighted by molar-refractivity contribution is 6.52. The molecule has 0 saturated heterocycles. The van der Waals surface area contributed by atoms with Gasteiger partial charge in [-0.3, -0.25) is 14.5 Å². The number of para-hydroxylation sites is 1. The lowest BCUT2D eigenvalue weighted by atomic mass is 10.1. The first-order valence-corrected chi connectivity index (χ1v) is 3.77. The molecule has 13 heavy (non-hydrogen) atoms. The van der Waals surface area contributed by atoms with E-state index in [1.807, 2.05) is 0 Å². The van der Waals surface area contributed by atoms with E-state index in [0.29, 0.717) is 5.69 Å². The van der Waals surface area contributed by atoms with Gasteiger partial charge in [0.05, 0.1) is 11.3 Å². The Kier molecular flexibility index (Phi) is 1.62. The molecule has 1 aliphatic rings. The van der Waals surface area contributed by atoms with E-state index in [0.717, 1.165) is 4.90 Å².